The van der Waals surface area contributed by atoms with Crippen LogP contribution in [0.15, 0.2) is 42.2 Å². The maximum atomic E-state index is 9.46. The van der Waals surface area contributed by atoms with Gasteiger partial charge in [-0.2, -0.15) is 0 Å². The maximum Gasteiger partial charge on any atom is 0.156 e. The zero-order valence-corrected chi connectivity index (χ0v) is 15.5. The van der Waals surface area contributed by atoms with E-state index >= 15 is 0 Å². The molecule has 0 spiro atoms. The third-order valence-electron chi connectivity index (χ3n) is 2.17. The fourth-order valence-corrected chi connectivity index (χ4v) is 4.04. The zero-order chi connectivity index (χ0) is 14.2. The van der Waals surface area contributed by atoms with E-state index < -0.39 is 0 Å². The molecule has 0 unspecified atom stereocenters. The van der Waals surface area contributed by atoms with Crippen molar-refractivity contribution >= 4 is 63.7 Å². The van der Waals surface area contributed by atoms with Crippen LogP contribution in [0.5, 0.6) is 23.0 Å². The SMILES string of the molecule is Oc1cc(Br)c(Oc2c(Br)cc(O)cc2Br)c(Br)c1. The summed E-state index contributed by atoms with van der Waals surface area (Å²) in [5.41, 5.74) is 0. The summed E-state index contributed by atoms with van der Waals surface area (Å²) in [6.45, 7) is 0. The Morgan fingerprint density at radius 3 is 1.16 bits per heavy atom. The number of hydrogen-bond acceptors (Lipinski definition) is 3. The minimum atomic E-state index is 0.120. The van der Waals surface area contributed by atoms with E-state index in [1.807, 2.05) is 0 Å². The topological polar surface area (TPSA) is 49.7 Å². The summed E-state index contributed by atoms with van der Waals surface area (Å²) in [6, 6.07) is 6.12. The highest BCUT2D eigenvalue weighted by molar-refractivity contribution is 9.11. The van der Waals surface area contributed by atoms with Gasteiger partial charge in [0.2, 0.25) is 0 Å². The molecule has 0 aliphatic rings. The van der Waals surface area contributed by atoms with Gasteiger partial charge in [-0.15, -0.1) is 0 Å². The lowest BCUT2D eigenvalue weighted by molar-refractivity contribution is 0.450. The molecule has 0 fully saturated rings. The van der Waals surface area contributed by atoms with Gasteiger partial charge in [-0.1, -0.05) is 0 Å². The van der Waals surface area contributed by atoms with E-state index in [9.17, 15) is 10.2 Å². The summed E-state index contributed by atoms with van der Waals surface area (Å²) in [5, 5.41) is 18.9. The van der Waals surface area contributed by atoms with Crippen LogP contribution >= 0.6 is 63.7 Å². The van der Waals surface area contributed by atoms with Crippen LogP contribution in [-0.4, -0.2) is 10.2 Å². The molecule has 0 aromatic heterocycles. The molecule has 0 bridgehead atoms. The third kappa shape index (κ3) is 3.45. The molecule has 0 amide bonds. The summed E-state index contributed by atoms with van der Waals surface area (Å²) >= 11 is 13.3. The average Bonchev–Trinajstić information content (AvgIpc) is 2.25. The Morgan fingerprint density at radius 2 is 0.895 bits per heavy atom. The van der Waals surface area contributed by atoms with E-state index in [0.717, 1.165) is 0 Å². The Bertz CT molecular complexity index is 541. The molecule has 2 aromatic carbocycles. The molecule has 0 atom stereocenters. The van der Waals surface area contributed by atoms with Crippen LogP contribution in [0.2, 0.25) is 0 Å². The van der Waals surface area contributed by atoms with Crippen molar-refractivity contribution in [3.05, 3.63) is 42.2 Å². The molecule has 0 saturated heterocycles. The first-order chi connectivity index (χ1) is 8.88. The normalized spacial score (nSPS) is 10.5. The summed E-state index contributed by atoms with van der Waals surface area (Å²) in [4.78, 5) is 0. The predicted octanol–water partition coefficient (Wildman–Crippen LogP) is 5.94. The quantitative estimate of drug-likeness (QED) is 0.518. The molecule has 0 aliphatic heterocycles. The lowest BCUT2D eigenvalue weighted by Gasteiger charge is -2.13. The van der Waals surface area contributed by atoms with Crippen LogP contribution in [0.25, 0.3) is 0 Å². The van der Waals surface area contributed by atoms with Crippen LogP contribution in [-0.2, 0) is 0 Å². The molecule has 100 valence electrons. The Balaban J connectivity index is 2.48. The number of halogens is 4. The van der Waals surface area contributed by atoms with E-state index in [-0.39, 0.29) is 11.5 Å². The monoisotopic (exact) mass is 514 g/mol. The fourth-order valence-electron chi connectivity index (χ4n) is 1.39. The molecule has 0 aliphatic carbocycles. The van der Waals surface area contributed by atoms with Gasteiger partial charge in [0.25, 0.3) is 0 Å². The fraction of sp³-hybridized carbons (Fsp3) is 0. The second-order valence-corrected chi connectivity index (χ2v) is 7.00. The Morgan fingerprint density at radius 1 is 0.632 bits per heavy atom. The number of hydrogen-bond donors (Lipinski definition) is 2. The van der Waals surface area contributed by atoms with Crippen molar-refractivity contribution in [2.45, 2.75) is 0 Å². The number of phenols is 2. The summed E-state index contributed by atoms with van der Waals surface area (Å²) < 4.78 is 8.21. The third-order valence-corrected chi connectivity index (χ3v) is 4.53. The van der Waals surface area contributed by atoms with Gasteiger partial charge in [0.15, 0.2) is 11.5 Å². The van der Waals surface area contributed by atoms with Crippen molar-refractivity contribution in [3.63, 3.8) is 0 Å². The number of phenolic OH excluding ortho intramolecular Hbond substituents is 2. The second-order valence-electron chi connectivity index (χ2n) is 3.58. The van der Waals surface area contributed by atoms with Crippen LogP contribution in [0, 0.1) is 0 Å². The van der Waals surface area contributed by atoms with Crippen molar-refractivity contribution in [1.29, 1.82) is 0 Å². The number of benzene rings is 2. The first kappa shape index (κ1) is 15.2. The minimum Gasteiger partial charge on any atom is -0.508 e. The van der Waals surface area contributed by atoms with Crippen molar-refractivity contribution in [2.75, 3.05) is 0 Å². The Hall–Kier alpha value is -0.240. The van der Waals surface area contributed by atoms with Crippen molar-refractivity contribution in [1.82, 2.24) is 0 Å². The lowest BCUT2D eigenvalue weighted by Crippen LogP contribution is -1.90. The van der Waals surface area contributed by atoms with E-state index in [1.54, 1.807) is 0 Å². The molecule has 2 N–H and O–H groups in total. The Labute approximate surface area is 143 Å². The molecule has 19 heavy (non-hydrogen) atoms. The van der Waals surface area contributed by atoms with Gasteiger partial charge in [-0.25, -0.2) is 0 Å². The highest BCUT2D eigenvalue weighted by atomic mass is 79.9. The van der Waals surface area contributed by atoms with Gasteiger partial charge in [0.05, 0.1) is 17.9 Å². The number of aromatic hydroxyl groups is 2. The van der Waals surface area contributed by atoms with Gasteiger partial charge in [-0.05, 0) is 88.0 Å². The van der Waals surface area contributed by atoms with E-state index in [1.165, 1.54) is 24.3 Å². The molecule has 7 heteroatoms. The molecule has 0 radical (unpaired) electrons. The number of ether oxygens (including phenoxy) is 1. The Kier molecular flexibility index (Phi) is 4.81. The summed E-state index contributed by atoms with van der Waals surface area (Å²) in [7, 11) is 0. The van der Waals surface area contributed by atoms with Gasteiger partial charge in [-0.3, -0.25) is 0 Å². The standard InChI is InChI=1S/C12H6Br4O3/c13-7-1-5(17)2-8(14)11(7)19-12-9(15)3-6(18)4-10(12)16/h1-4,17-18H. The highest BCUT2D eigenvalue weighted by Gasteiger charge is 2.15. The predicted molar refractivity (Wildman–Crippen MR) is 87.1 cm³/mol. The van der Waals surface area contributed by atoms with Crippen LogP contribution in [0.3, 0.4) is 0 Å². The maximum absolute atomic E-state index is 9.46. The molecule has 0 saturated carbocycles. The van der Waals surface area contributed by atoms with Gasteiger partial charge in [0.1, 0.15) is 11.5 Å². The van der Waals surface area contributed by atoms with Crippen LogP contribution in [0.1, 0.15) is 0 Å². The van der Waals surface area contributed by atoms with Crippen molar-refractivity contribution in [3.8, 4) is 23.0 Å². The summed E-state index contributed by atoms with van der Waals surface area (Å²) in [6.07, 6.45) is 0. The average molecular weight is 518 g/mol. The van der Waals surface area contributed by atoms with Crippen LogP contribution < -0.4 is 4.74 Å². The van der Waals surface area contributed by atoms with Crippen molar-refractivity contribution in [2.24, 2.45) is 0 Å². The van der Waals surface area contributed by atoms with E-state index in [4.69, 9.17) is 4.74 Å². The zero-order valence-electron chi connectivity index (χ0n) is 9.12. The first-order valence-electron chi connectivity index (χ1n) is 4.92. The molecule has 0 heterocycles. The van der Waals surface area contributed by atoms with Gasteiger partial charge < -0.3 is 14.9 Å². The van der Waals surface area contributed by atoms with Crippen LogP contribution in [0.4, 0.5) is 0 Å². The van der Waals surface area contributed by atoms with E-state index in [2.05, 4.69) is 63.7 Å². The largest absolute Gasteiger partial charge is 0.508 e. The van der Waals surface area contributed by atoms with Gasteiger partial charge >= 0.3 is 0 Å². The second kappa shape index (κ2) is 6.03. The molecule has 2 aromatic rings. The lowest BCUT2D eigenvalue weighted by atomic mass is 10.3. The molecule has 2 rings (SSSR count). The molecular weight excluding hydrogens is 512 g/mol. The van der Waals surface area contributed by atoms with Gasteiger partial charge in [0, 0.05) is 0 Å². The molecule has 3 nitrogen and oxygen atoms in total. The van der Waals surface area contributed by atoms with E-state index in [0.29, 0.717) is 29.4 Å². The number of rotatable bonds is 2. The summed E-state index contributed by atoms with van der Waals surface area (Å²) in [5.74, 6) is 1.28. The highest BCUT2D eigenvalue weighted by Crippen LogP contribution is 2.44. The smallest absolute Gasteiger partial charge is 0.156 e. The first-order valence-corrected chi connectivity index (χ1v) is 8.09. The molecular formula is C12H6Br4O3. The van der Waals surface area contributed by atoms with Crippen molar-refractivity contribution < 1.29 is 14.9 Å². The minimum absolute atomic E-state index is 0.120.